The zero-order chi connectivity index (χ0) is 36.1. The van der Waals surface area contributed by atoms with Crippen LogP contribution in [0.1, 0.15) is 213 Å². The van der Waals surface area contributed by atoms with Crippen molar-refractivity contribution in [2.24, 2.45) is 5.73 Å². The number of carbonyl (C=O) groups excluding carboxylic acids is 2. The van der Waals surface area contributed by atoms with Gasteiger partial charge in [0.2, 0.25) is 0 Å². The van der Waals surface area contributed by atoms with Gasteiger partial charge in [0.1, 0.15) is 0 Å². The summed E-state index contributed by atoms with van der Waals surface area (Å²) < 4.78 is 10.7. The smallest absolute Gasteiger partial charge is 0.305 e. The highest BCUT2D eigenvalue weighted by Crippen LogP contribution is 2.17. The molecule has 0 radical (unpaired) electrons. The van der Waals surface area contributed by atoms with Crippen LogP contribution in [0.2, 0.25) is 0 Å². The molecule has 6 nitrogen and oxygen atoms in total. The first-order valence-electron chi connectivity index (χ1n) is 20.9. The highest BCUT2D eigenvalue weighted by Gasteiger charge is 2.28. The highest BCUT2D eigenvalue weighted by atomic mass is 16.5. The van der Waals surface area contributed by atoms with Crippen molar-refractivity contribution in [2.45, 2.75) is 225 Å². The molecular formula is C43H81NO5. The molecule has 288 valence electrons. The van der Waals surface area contributed by atoms with E-state index in [4.69, 9.17) is 15.2 Å². The van der Waals surface area contributed by atoms with Gasteiger partial charge in [0.15, 0.2) is 0 Å². The van der Waals surface area contributed by atoms with Crippen molar-refractivity contribution in [3.63, 3.8) is 0 Å². The molecule has 49 heavy (non-hydrogen) atoms. The molecule has 0 aromatic carbocycles. The molecule has 3 N–H and O–H groups in total. The normalized spacial score (nSPS) is 13.7. The lowest BCUT2D eigenvalue weighted by Gasteiger charge is -2.30. The van der Waals surface area contributed by atoms with E-state index in [0.717, 1.165) is 51.4 Å². The van der Waals surface area contributed by atoms with Crippen LogP contribution in [0, 0.1) is 0 Å². The predicted octanol–water partition coefficient (Wildman–Crippen LogP) is 12.0. The van der Waals surface area contributed by atoms with Gasteiger partial charge in [-0.3, -0.25) is 9.59 Å². The lowest BCUT2D eigenvalue weighted by atomic mass is 9.90. The van der Waals surface area contributed by atoms with Crippen molar-refractivity contribution >= 4 is 11.9 Å². The maximum atomic E-state index is 12.1. The highest BCUT2D eigenvalue weighted by molar-refractivity contribution is 5.69. The zero-order valence-electron chi connectivity index (χ0n) is 32.7. The van der Waals surface area contributed by atoms with Crippen molar-refractivity contribution in [3.05, 3.63) is 24.3 Å². The Balaban J connectivity index is 3.65. The Morgan fingerprint density at radius 2 is 0.878 bits per heavy atom. The summed E-state index contributed by atoms with van der Waals surface area (Å²) in [5.74, 6) is -0.416. The molecule has 0 fully saturated rings. The Morgan fingerprint density at radius 3 is 1.27 bits per heavy atom. The Kier molecular flexibility index (Phi) is 34.9. The molecule has 0 aliphatic heterocycles. The van der Waals surface area contributed by atoms with Crippen LogP contribution in [0.25, 0.3) is 0 Å². The summed E-state index contributed by atoms with van der Waals surface area (Å²) in [5.41, 5.74) is 5.39. The van der Waals surface area contributed by atoms with E-state index in [1.165, 1.54) is 116 Å². The monoisotopic (exact) mass is 692 g/mol. The molecule has 0 rings (SSSR count). The van der Waals surface area contributed by atoms with Gasteiger partial charge in [0.05, 0.1) is 19.3 Å². The number of hydrogen-bond acceptors (Lipinski definition) is 6. The molecule has 6 heteroatoms. The fraction of sp³-hybridized carbons (Fsp3) is 0.860. The average molecular weight is 692 g/mol. The summed E-state index contributed by atoms with van der Waals surface area (Å²) in [6.45, 7) is 6.60. The summed E-state index contributed by atoms with van der Waals surface area (Å²) in [6, 6.07) is 0. The zero-order valence-corrected chi connectivity index (χ0v) is 32.7. The standard InChI is InChI=1S/C43H81NO5/c1-4-6-8-10-12-14-16-18-20-22-24-26-28-30-32-34-41(46)48-38-36-40(45)43(3,44)37-39-49-42(47)35-33-31-29-27-25-23-21-19-17-15-13-11-9-7-5-2/h18-21,40,45H,4-17,22-39,44H2,1-3H3. The first kappa shape index (κ1) is 47.3. The maximum absolute atomic E-state index is 12.1. The van der Waals surface area contributed by atoms with E-state index in [1.807, 2.05) is 0 Å². The van der Waals surface area contributed by atoms with Gasteiger partial charge in [-0.05, 0) is 71.1 Å². The molecule has 2 atom stereocenters. The molecule has 0 bridgehead atoms. The third-order valence-electron chi connectivity index (χ3n) is 9.60. The number of carbonyl (C=O) groups is 2. The SMILES string of the molecule is CCCCCCCCC=CCCCCCCCC(=O)OCCC(O)C(C)(N)CCOC(=O)CCCCCCCC=CCCCCCCCC. The number of ether oxygens (including phenoxy) is 2. The number of esters is 2. The largest absolute Gasteiger partial charge is 0.466 e. The first-order chi connectivity index (χ1) is 23.8. The van der Waals surface area contributed by atoms with E-state index in [2.05, 4.69) is 38.2 Å². The molecule has 2 unspecified atom stereocenters. The van der Waals surface area contributed by atoms with Crippen LogP contribution < -0.4 is 5.73 Å². The molecule has 0 saturated carbocycles. The summed E-state index contributed by atoms with van der Waals surface area (Å²) in [5, 5.41) is 10.6. The minimum atomic E-state index is -0.917. The van der Waals surface area contributed by atoms with E-state index < -0.39 is 11.6 Å². The summed E-state index contributed by atoms with van der Waals surface area (Å²) in [7, 11) is 0. The molecular weight excluding hydrogens is 610 g/mol. The van der Waals surface area contributed by atoms with Crippen LogP contribution in [0.5, 0.6) is 0 Å². The van der Waals surface area contributed by atoms with Gasteiger partial charge in [0, 0.05) is 31.2 Å². The van der Waals surface area contributed by atoms with E-state index in [9.17, 15) is 14.7 Å². The number of nitrogens with two attached hydrogens (primary N) is 1. The second-order valence-electron chi connectivity index (χ2n) is 14.7. The third-order valence-corrected chi connectivity index (χ3v) is 9.60. The minimum Gasteiger partial charge on any atom is -0.466 e. The van der Waals surface area contributed by atoms with Crippen LogP contribution in [0.3, 0.4) is 0 Å². The Hall–Kier alpha value is -1.66. The fourth-order valence-corrected chi connectivity index (χ4v) is 5.99. The van der Waals surface area contributed by atoms with E-state index >= 15 is 0 Å². The Bertz CT molecular complexity index is 793. The lowest BCUT2D eigenvalue weighted by molar-refractivity contribution is -0.146. The summed E-state index contributed by atoms with van der Waals surface area (Å²) in [4.78, 5) is 24.2. The quantitative estimate of drug-likeness (QED) is 0.0382. The molecule has 0 heterocycles. The van der Waals surface area contributed by atoms with Crippen LogP contribution in [-0.4, -0.2) is 41.9 Å². The van der Waals surface area contributed by atoms with Crippen molar-refractivity contribution in [1.82, 2.24) is 0 Å². The van der Waals surface area contributed by atoms with Gasteiger partial charge in [-0.2, -0.15) is 0 Å². The van der Waals surface area contributed by atoms with Crippen LogP contribution in [0.4, 0.5) is 0 Å². The summed E-state index contributed by atoms with van der Waals surface area (Å²) >= 11 is 0. The van der Waals surface area contributed by atoms with Gasteiger partial charge in [-0.1, -0.05) is 141 Å². The van der Waals surface area contributed by atoms with Gasteiger partial charge in [-0.15, -0.1) is 0 Å². The van der Waals surface area contributed by atoms with Crippen LogP contribution in [0.15, 0.2) is 24.3 Å². The minimum absolute atomic E-state index is 0.146. The topological polar surface area (TPSA) is 98.8 Å². The third kappa shape index (κ3) is 34.6. The maximum Gasteiger partial charge on any atom is 0.305 e. The fourth-order valence-electron chi connectivity index (χ4n) is 5.99. The van der Waals surface area contributed by atoms with Crippen molar-refractivity contribution in [3.8, 4) is 0 Å². The van der Waals surface area contributed by atoms with Gasteiger partial charge in [-0.25, -0.2) is 0 Å². The molecule has 0 aromatic rings. The van der Waals surface area contributed by atoms with Crippen molar-refractivity contribution in [1.29, 1.82) is 0 Å². The first-order valence-corrected chi connectivity index (χ1v) is 20.9. The Morgan fingerprint density at radius 1 is 0.551 bits per heavy atom. The molecule has 0 amide bonds. The number of unbranched alkanes of at least 4 members (excludes halogenated alkanes) is 22. The van der Waals surface area contributed by atoms with E-state index in [0.29, 0.717) is 19.3 Å². The summed E-state index contributed by atoms with van der Waals surface area (Å²) in [6.07, 6.45) is 41.8. The van der Waals surface area contributed by atoms with Gasteiger partial charge >= 0.3 is 11.9 Å². The number of aliphatic hydroxyl groups excluding tert-OH is 1. The number of aliphatic hydroxyl groups is 1. The lowest BCUT2D eigenvalue weighted by Crippen LogP contribution is -2.49. The van der Waals surface area contributed by atoms with Crippen LogP contribution >= 0.6 is 0 Å². The molecule has 0 aliphatic carbocycles. The number of allylic oxidation sites excluding steroid dienone is 4. The average Bonchev–Trinajstić information content (AvgIpc) is 3.08. The molecule has 0 aromatic heterocycles. The molecule has 0 saturated heterocycles. The Labute approximate surface area is 303 Å². The second kappa shape index (κ2) is 36.1. The number of hydrogen-bond donors (Lipinski definition) is 2. The van der Waals surface area contributed by atoms with Gasteiger partial charge < -0.3 is 20.3 Å². The molecule has 0 aliphatic rings. The predicted molar refractivity (Wildman–Crippen MR) is 209 cm³/mol. The van der Waals surface area contributed by atoms with Crippen LogP contribution in [-0.2, 0) is 19.1 Å². The molecule has 0 spiro atoms. The van der Waals surface area contributed by atoms with Gasteiger partial charge in [0.25, 0.3) is 0 Å². The second-order valence-corrected chi connectivity index (χ2v) is 14.7. The van der Waals surface area contributed by atoms with Crippen molar-refractivity contribution in [2.75, 3.05) is 13.2 Å². The van der Waals surface area contributed by atoms with Crippen molar-refractivity contribution < 1.29 is 24.2 Å². The number of rotatable bonds is 37. The van der Waals surface area contributed by atoms with E-state index in [1.54, 1.807) is 6.92 Å². The van der Waals surface area contributed by atoms with E-state index in [-0.39, 0.29) is 31.6 Å².